The van der Waals surface area contributed by atoms with Gasteiger partial charge in [-0.3, -0.25) is 4.90 Å². The number of nitrogens with zero attached hydrogens (tertiary/aromatic N) is 1. The maximum absolute atomic E-state index is 6.29. The van der Waals surface area contributed by atoms with E-state index in [1.165, 1.54) is 24.8 Å². The number of rotatable bonds is 6. The first kappa shape index (κ1) is 22.3. The van der Waals surface area contributed by atoms with E-state index >= 15 is 0 Å². The SMILES string of the molecule is Cl.Clc1cccc(C(CNC2CCCC2C2COCCN2)N2CCOCC2)c1. The van der Waals surface area contributed by atoms with Gasteiger partial charge in [0.1, 0.15) is 0 Å². The van der Waals surface area contributed by atoms with Gasteiger partial charge in [-0.05, 0) is 36.5 Å². The maximum atomic E-state index is 6.29. The Morgan fingerprint density at radius 2 is 2.04 bits per heavy atom. The summed E-state index contributed by atoms with van der Waals surface area (Å²) in [6.45, 7) is 7.20. The van der Waals surface area contributed by atoms with Gasteiger partial charge >= 0.3 is 0 Å². The molecule has 4 rings (SSSR count). The zero-order chi connectivity index (χ0) is 18.5. The molecule has 3 aliphatic rings. The molecule has 2 saturated heterocycles. The van der Waals surface area contributed by atoms with Crippen molar-refractivity contribution in [1.29, 1.82) is 0 Å². The average Bonchev–Trinajstić information content (AvgIpc) is 3.18. The lowest BCUT2D eigenvalue weighted by molar-refractivity contribution is 0.0144. The van der Waals surface area contributed by atoms with Crippen LogP contribution in [0.4, 0.5) is 0 Å². The number of hydrogen-bond acceptors (Lipinski definition) is 5. The minimum absolute atomic E-state index is 0. The van der Waals surface area contributed by atoms with Crippen LogP contribution in [-0.4, -0.2) is 69.6 Å². The smallest absolute Gasteiger partial charge is 0.0623 e. The Hall–Kier alpha value is -0.400. The minimum Gasteiger partial charge on any atom is -0.379 e. The molecule has 0 aromatic heterocycles. The van der Waals surface area contributed by atoms with Gasteiger partial charge in [0.25, 0.3) is 0 Å². The van der Waals surface area contributed by atoms with Gasteiger partial charge in [0.2, 0.25) is 0 Å². The van der Waals surface area contributed by atoms with Gasteiger partial charge in [0, 0.05) is 49.3 Å². The molecular formula is C21H33Cl2N3O2. The Labute approximate surface area is 179 Å². The Bertz CT molecular complexity index is 595. The molecule has 1 aromatic carbocycles. The Kier molecular flexibility index (Phi) is 8.85. The van der Waals surface area contributed by atoms with Gasteiger partial charge in [0.15, 0.2) is 0 Å². The number of morpholine rings is 2. The third-order valence-electron chi connectivity index (χ3n) is 6.33. The van der Waals surface area contributed by atoms with Crippen LogP contribution in [0.25, 0.3) is 0 Å². The number of nitrogens with one attached hydrogen (secondary N) is 2. The molecule has 1 aliphatic carbocycles. The monoisotopic (exact) mass is 429 g/mol. The van der Waals surface area contributed by atoms with E-state index in [9.17, 15) is 0 Å². The van der Waals surface area contributed by atoms with Gasteiger partial charge in [0.05, 0.1) is 26.4 Å². The quantitative estimate of drug-likeness (QED) is 0.727. The third kappa shape index (κ3) is 5.60. The lowest BCUT2D eigenvalue weighted by Gasteiger charge is -2.37. The van der Waals surface area contributed by atoms with Crippen molar-refractivity contribution < 1.29 is 9.47 Å². The standard InChI is InChI=1S/C21H32ClN3O2.ClH/c22-17-4-1-3-16(13-17)21(25-8-11-26-12-9-25)14-24-19-6-2-5-18(19)20-15-27-10-7-23-20;/h1,3-4,13,18-21,23-24H,2,5-12,14-15H2;1H. The predicted molar refractivity (Wildman–Crippen MR) is 116 cm³/mol. The fourth-order valence-electron chi connectivity index (χ4n) is 4.91. The number of hydrogen-bond donors (Lipinski definition) is 2. The Balaban J connectivity index is 0.00000225. The second-order valence-electron chi connectivity index (χ2n) is 7.96. The molecule has 0 spiro atoms. The first-order valence-corrected chi connectivity index (χ1v) is 10.8. The predicted octanol–water partition coefficient (Wildman–Crippen LogP) is 2.88. The first-order valence-electron chi connectivity index (χ1n) is 10.4. The molecule has 158 valence electrons. The van der Waals surface area contributed by atoms with Crippen LogP contribution >= 0.6 is 24.0 Å². The topological polar surface area (TPSA) is 45.8 Å². The molecule has 3 fully saturated rings. The number of ether oxygens (including phenoxy) is 2. The summed E-state index contributed by atoms with van der Waals surface area (Å²) in [7, 11) is 0. The summed E-state index contributed by atoms with van der Waals surface area (Å²) in [5.74, 6) is 0.662. The second-order valence-corrected chi connectivity index (χ2v) is 8.40. The van der Waals surface area contributed by atoms with E-state index in [1.807, 2.05) is 6.07 Å². The van der Waals surface area contributed by atoms with Crippen LogP contribution in [0.5, 0.6) is 0 Å². The molecule has 1 saturated carbocycles. The highest BCUT2D eigenvalue weighted by molar-refractivity contribution is 6.30. The van der Waals surface area contributed by atoms with Crippen LogP contribution in [0.1, 0.15) is 30.9 Å². The van der Waals surface area contributed by atoms with Crippen molar-refractivity contribution in [3.05, 3.63) is 34.9 Å². The van der Waals surface area contributed by atoms with E-state index in [-0.39, 0.29) is 12.4 Å². The highest BCUT2D eigenvalue weighted by Gasteiger charge is 2.35. The van der Waals surface area contributed by atoms with Gasteiger partial charge < -0.3 is 20.1 Å². The van der Waals surface area contributed by atoms with Crippen LogP contribution < -0.4 is 10.6 Å². The summed E-state index contributed by atoms with van der Waals surface area (Å²) in [6.07, 6.45) is 3.85. The average molecular weight is 430 g/mol. The molecule has 0 bridgehead atoms. The zero-order valence-corrected chi connectivity index (χ0v) is 18.0. The van der Waals surface area contributed by atoms with E-state index in [0.717, 1.165) is 57.6 Å². The molecule has 0 amide bonds. The van der Waals surface area contributed by atoms with Crippen molar-refractivity contribution in [1.82, 2.24) is 15.5 Å². The highest BCUT2D eigenvalue weighted by atomic mass is 35.5. The summed E-state index contributed by atoms with van der Waals surface area (Å²) in [5.41, 5.74) is 1.30. The van der Waals surface area contributed by atoms with Gasteiger partial charge in [-0.15, -0.1) is 12.4 Å². The molecule has 1 aromatic rings. The van der Waals surface area contributed by atoms with Crippen molar-refractivity contribution >= 4 is 24.0 Å². The zero-order valence-electron chi connectivity index (χ0n) is 16.4. The van der Waals surface area contributed by atoms with Gasteiger partial charge in [-0.2, -0.15) is 0 Å². The van der Waals surface area contributed by atoms with Crippen molar-refractivity contribution in [3.8, 4) is 0 Å². The van der Waals surface area contributed by atoms with E-state index in [1.54, 1.807) is 0 Å². The molecule has 2 N–H and O–H groups in total. The van der Waals surface area contributed by atoms with Gasteiger partial charge in [-0.25, -0.2) is 0 Å². The molecule has 5 nitrogen and oxygen atoms in total. The van der Waals surface area contributed by atoms with Crippen molar-refractivity contribution in [2.75, 3.05) is 52.6 Å². The molecule has 4 atom stereocenters. The van der Waals surface area contributed by atoms with Crippen LogP contribution in [0.3, 0.4) is 0 Å². The Morgan fingerprint density at radius 3 is 2.79 bits per heavy atom. The fraction of sp³-hybridized carbons (Fsp3) is 0.714. The minimum atomic E-state index is 0. The number of halogens is 2. The van der Waals surface area contributed by atoms with E-state index in [2.05, 4.69) is 33.7 Å². The summed E-state index contributed by atoms with van der Waals surface area (Å²) in [6, 6.07) is 9.73. The van der Waals surface area contributed by atoms with E-state index < -0.39 is 0 Å². The molecule has 2 heterocycles. The molecule has 4 unspecified atom stereocenters. The molecule has 28 heavy (non-hydrogen) atoms. The lowest BCUT2D eigenvalue weighted by Crippen LogP contribution is -2.52. The second kappa shape index (κ2) is 11.1. The van der Waals surface area contributed by atoms with Crippen LogP contribution in [0.15, 0.2) is 24.3 Å². The summed E-state index contributed by atoms with van der Waals surface area (Å²) in [5, 5.41) is 8.41. The Morgan fingerprint density at radius 1 is 1.18 bits per heavy atom. The summed E-state index contributed by atoms with van der Waals surface area (Å²) < 4.78 is 11.3. The largest absolute Gasteiger partial charge is 0.379 e. The van der Waals surface area contributed by atoms with E-state index in [4.69, 9.17) is 21.1 Å². The fourth-order valence-corrected chi connectivity index (χ4v) is 5.11. The molecule has 2 aliphatic heterocycles. The van der Waals surface area contributed by atoms with Crippen molar-refractivity contribution in [2.24, 2.45) is 5.92 Å². The summed E-state index contributed by atoms with van der Waals surface area (Å²) >= 11 is 6.29. The molecule has 7 heteroatoms. The number of benzene rings is 1. The van der Waals surface area contributed by atoms with Crippen LogP contribution in [-0.2, 0) is 9.47 Å². The normalized spacial score (nSPS) is 30.0. The summed E-state index contributed by atoms with van der Waals surface area (Å²) in [4.78, 5) is 2.54. The third-order valence-corrected chi connectivity index (χ3v) is 6.56. The molecule has 0 radical (unpaired) electrons. The van der Waals surface area contributed by atoms with Crippen LogP contribution in [0.2, 0.25) is 5.02 Å². The lowest BCUT2D eigenvalue weighted by atomic mass is 9.93. The van der Waals surface area contributed by atoms with Gasteiger partial charge in [-0.1, -0.05) is 30.2 Å². The van der Waals surface area contributed by atoms with E-state index in [0.29, 0.717) is 24.0 Å². The van der Waals surface area contributed by atoms with Crippen LogP contribution in [0, 0.1) is 5.92 Å². The van der Waals surface area contributed by atoms with Crippen molar-refractivity contribution in [3.63, 3.8) is 0 Å². The van der Waals surface area contributed by atoms with Crippen molar-refractivity contribution in [2.45, 2.75) is 37.4 Å². The molecular weight excluding hydrogens is 397 g/mol. The first-order chi connectivity index (χ1) is 13.3. The maximum Gasteiger partial charge on any atom is 0.0623 e. The highest BCUT2D eigenvalue weighted by Crippen LogP contribution is 2.31.